The van der Waals surface area contributed by atoms with E-state index in [0.29, 0.717) is 5.56 Å². The number of carbonyl (C=O) groups excluding carboxylic acids is 10. The zero-order valence-electron chi connectivity index (χ0n) is 45.5. The Hall–Kier alpha value is -6.27. The van der Waals surface area contributed by atoms with Gasteiger partial charge in [-0.3, -0.25) is 42.9 Å². The fourth-order valence-corrected chi connectivity index (χ4v) is 7.82. The maximum atomic E-state index is 14.2. The van der Waals surface area contributed by atoms with Gasteiger partial charge >= 0.3 is 25.7 Å². The van der Waals surface area contributed by atoms with Crippen LogP contribution in [0.2, 0.25) is 0 Å². The van der Waals surface area contributed by atoms with Crippen LogP contribution in [0.3, 0.4) is 0 Å². The highest BCUT2D eigenvalue weighted by Gasteiger charge is 2.44. The number of phosphoric ester groups is 1. The summed E-state index contributed by atoms with van der Waals surface area (Å²) in [6, 6.07) is 0.625. The Morgan fingerprint density at radius 1 is 0.693 bits per heavy atom. The Labute approximate surface area is 438 Å². The van der Waals surface area contributed by atoms with Gasteiger partial charge in [0.15, 0.2) is 18.2 Å². The van der Waals surface area contributed by atoms with Crippen molar-refractivity contribution in [2.45, 2.75) is 156 Å². The highest BCUT2D eigenvalue weighted by Crippen LogP contribution is 2.40. The van der Waals surface area contributed by atoms with Gasteiger partial charge in [0, 0.05) is 48.0 Å². The quantitative estimate of drug-likeness (QED) is 0.0242. The van der Waals surface area contributed by atoms with E-state index in [0.717, 1.165) is 16.7 Å². The lowest BCUT2D eigenvalue weighted by Crippen LogP contribution is -2.61. The predicted molar refractivity (Wildman–Crippen MR) is 270 cm³/mol. The summed E-state index contributed by atoms with van der Waals surface area (Å²) in [6.07, 6.45) is -7.04. The average Bonchev–Trinajstić information content (AvgIpc) is 3.34. The van der Waals surface area contributed by atoms with Gasteiger partial charge in [-0.25, -0.2) is 14.2 Å². The first kappa shape index (κ1) is 66.7. The molecule has 26 heteroatoms. The molecule has 0 heterocycles. The highest BCUT2D eigenvalue weighted by atomic mass is 31.2. The molecule has 0 aromatic heterocycles. The molecule has 1 rings (SSSR count). The molecule has 1 aromatic rings. The lowest BCUT2D eigenvalue weighted by molar-refractivity contribution is -0.170. The van der Waals surface area contributed by atoms with Crippen molar-refractivity contribution in [1.82, 2.24) is 36.4 Å². The van der Waals surface area contributed by atoms with E-state index in [4.69, 9.17) is 23.5 Å². The number of hydrogen-bond acceptors (Lipinski definition) is 16. The fraction of sp³-hybridized carbons (Fsp3) is 0.633. The zero-order valence-corrected chi connectivity index (χ0v) is 46.4. The number of esters is 3. The number of nitrogens with zero attached hydrogens (tertiary/aromatic N) is 2. The Kier molecular flexibility index (Phi) is 27.5. The first-order chi connectivity index (χ1) is 34.7. The van der Waals surface area contributed by atoms with E-state index >= 15 is 0 Å². The van der Waals surface area contributed by atoms with Crippen LogP contribution in [0.1, 0.15) is 94.6 Å². The lowest BCUT2D eigenvalue weighted by Gasteiger charge is -2.35. The van der Waals surface area contributed by atoms with E-state index in [1.54, 1.807) is 65.0 Å². The maximum Gasteiger partial charge on any atom is 0.469 e. The van der Waals surface area contributed by atoms with Crippen molar-refractivity contribution in [3.63, 3.8) is 0 Å². The second kappa shape index (κ2) is 30.9. The Morgan fingerprint density at radius 2 is 1.21 bits per heavy atom. The molecule has 0 radical (unpaired) electrons. The molecule has 0 spiro atoms. The summed E-state index contributed by atoms with van der Waals surface area (Å²) in [6.45, 7) is 19.9. The average molecular weight is 1080 g/mol. The lowest BCUT2D eigenvalue weighted by atomic mass is 9.96. The first-order valence-electron chi connectivity index (χ1n) is 24.3. The van der Waals surface area contributed by atoms with Crippen LogP contribution in [-0.4, -0.2) is 168 Å². The summed E-state index contributed by atoms with van der Waals surface area (Å²) >= 11 is 0. The van der Waals surface area contributed by atoms with Gasteiger partial charge in [0.1, 0.15) is 42.1 Å². The molecule has 75 heavy (non-hydrogen) atoms. The van der Waals surface area contributed by atoms with Gasteiger partial charge in [0.25, 0.3) is 11.8 Å². The van der Waals surface area contributed by atoms with Gasteiger partial charge in [0.05, 0.1) is 12.5 Å². The van der Waals surface area contributed by atoms with E-state index in [9.17, 15) is 62.3 Å². The van der Waals surface area contributed by atoms with Crippen LogP contribution in [0, 0.1) is 17.8 Å². The molecule has 0 fully saturated rings. The van der Waals surface area contributed by atoms with Crippen LogP contribution in [0.4, 0.5) is 0 Å². The van der Waals surface area contributed by atoms with Crippen molar-refractivity contribution < 1.29 is 85.8 Å². The topological polar surface area (TPSA) is 341 Å². The standard InChI is InChI=1S/C49H78N7O18P/c1-17-35(58)53-39(42(27(6)7)74-75(67,68)69)49(66)73-40(25(2)3)37(45(62)50-13)54-44(61)31(11)55(14)46(63)29(9)51-43(60)30(10)56(15)47(64)34(24-33-21-19-18-20-22-33)71-48(65)38(52-32(12)57)41(26(4)5)72-36(59)23-28(8)70-16/h18-22,25-29,31,34,37-42H,10,17,23-24H2,1-9,11-16H3,(H,50,62)(H,51,60)(H,52,57)(H,53,58)(H,54,61)(H2,67,68,69)/t28-,29+,31+,34-,37+,38+,39+,40-,41?,42-/m1/s1. The van der Waals surface area contributed by atoms with Crippen molar-refractivity contribution in [2.75, 3.05) is 28.3 Å². The van der Waals surface area contributed by atoms with Gasteiger partial charge in [0.2, 0.25) is 29.5 Å². The summed E-state index contributed by atoms with van der Waals surface area (Å²) in [4.78, 5) is 155. The minimum atomic E-state index is -5.22. The van der Waals surface area contributed by atoms with Crippen LogP contribution in [0.5, 0.6) is 0 Å². The van der Waals surface area contributed by atoms with Gasteiger partial charge in [-0.05, 0) is 44.1 Å². The van der Waals surface area contributed by atoms with Crippen molar-refractivity contribution >= 4 is 67.1 Å². The molecule has 0 aliphatic rings. The number of hydrogen-bond donors (Lipinski definition) is 7. The number of benzene rings is 1. The van der Waals surface area contributed by atoms with E-state index in [-0.39, 0.29) is 19.3 Å². The molecule has 7 N–H and O–H groups in total. The SMILES string of the molecule is C=C(C(=O)N[C@@H](C)C(=O)N(C)[C@@H](C)C(=O)N[C@H](C(=O)NC)[C@H](OC(=O)[C@@H](NC(=O)CC)[C@H](OP(=O)(O)O)C(C)C)C(C)C)N(C)C(=O)[C@@H](Cc1ccccc1)OC(=O)[C@@H](NC(C)=O)C(OC(=O)C[C@@H](C)OC)C(C)C. The van der Waals surface area contributed by atoms with Crippen LogP contribution < -0.4 is 26.6 Å². The summed E-state index contributed by atoms with van der Waals surface area (Å²) in [7, 11) is -0.176. The molecular weight excluding hydrogens is 1010 g/mol. The van der Waals surface area contributed by atoms with Crippen molar-refractivity contribution in [3.05, 3.63) is 48.2 Å². The Balaban J connectivity index is 3.40. The first-order valence-corrected chi connectivity index (χ1v) is 25.8. The van der Waals surface area contributed by atoms with E-state index in [1.165, 1.54) is 62.9 Å². The monoisotopic (exact) mass is 1080 g/mol. The summed E-state index contributed by atoms with van der Waals surface area (Å²) in [5.41, 5.74) is 0.0254. The molecular formula is C49H78N7O18P. The molecule has 1 aromatic carbocycles. The predicted octanol–water partition coefficient (Wildman–Crippen LogP) is 0.789. The van der Waals surface area contributed by atoms with Crippen LogP contribution in [0.25, 0.3) is 0 Å². The maximum absolute atomic E-state index is 14.2. The van der Waals surface area contributed by atoms with Gasteiger partial charge in [-0.1, -0.05) is 85.4 Å². The molecule has 10 atom stereocenters. The van der Waals surface area contributed by atoms with Crippen LogP contribution in [-0.2, 0) is 82.4 Å². The number of likely N-dealkylation sites (N-methyl/N-ethyl adjacent to an activating group) is 3. The molecule has 0 saturated carbocycles. The number of phosphoric acid groups is 1. The zero-order chi connectivity index (χ0) is 57.8. The number of nitrogens with one attached hydrogen (secondary N) is 5. The molecule has 0 bridgehead atoms. The van der Waals surface area contributed by atoms with Crippen molar-refractivity contribution in [2.24, 2.45) is 17.8 Å². The van der Waals surface area contributed by atoms with Crippen molar-refractivity contribution in [3.8, 4) is 0 Å². The smallest absolute Gasteiger partial charge is 0.459 e. The summed E-state index contributed by atoms with van der Waals surface area (Å²) in [5.74, 6) is -11.1. The minimum absolute atomic E-state index is 0.136. The number of carbonyl (C=O) groups is 10. The Morgan fingerprint density at radius 3 is 1.69 bits per heavy atom. The summed E-state index contributed by atoms with van der Waals surface area (Å²) in [5, 5.41) is 12.1. The molecule has 0 aliphatic carbocycles. The summed E-state index contributed by atoms with van der Waals surface area (Å²) < 4.78 is 39.1. The van der Waals surface area contributed by atoms with E-state index in [1.807, 2.05) is 0 Å². The number of methoxy groups -OCH3 is 1. The highest BCUT2D eigenvalue weighted by molar-refractivity contribution is 7.46. The molecule has 422 valence electrons. The van der Waals surface area contributed by atoms with Gasteiger partial charge in [-0.15, -0.1) is 0 Å². The van der Waals surface area contributed by atoms with Crippen LogP contribution in [0.15, 0.2) is 42.6 Å². The van der Waals surface area contributed by atoms with E-state index in [2.05, 4.69) is 33.2 Å². The molecule has 7 amide bonds. The second-order valence-electron chi connectivity index (χ2n) is 18.9. The number of ether oxygens (including phenoxy) is 4. The molecule has 1 unspecified atom stereocenters. The minimum Gasteiger partial charge on any atom is -0.459 e. The molecule has 0 aliphatic heterocycles. The molecule has 25 nitrogen and oxygen atoms in total. The van der Waals surface area contributed by atoms with Gasteiger partial charge < -0.3 is 65.1 Å². The second-order valence-corrected chi connectivity index (χ2v) is 20.0. The fourth-order valence-electron chi connectivity index (χ4n) is 7.14. The third-order valence-electron chi connectivity index (χ3n) is 11.7. The number of rotatable bonds is 30. The largest absolute Gasteiger partial charge is 0.469 e. The number of amides is 7. The third kappa shape index (κ3) is 21.5. The van der Waals surface area contributed by atoms with E-state index < -0.39 is 151 Å². The normalized spacial score (nSPS) is 15.5. The van der Waals surface area contributed by atoms with Crippen LogP contribution >= 0.6 is 7.82 Å². The third-order valence-corrected chi connectivity index (χ3v) is 12.3. The van der Waals surface area contributed by atoms with Crippen molar-refractivity contribution in [1.29, 1.82) is 0 Å². The molecule has 0 saturated heterocycles. The Bertz CT molecular complexity index is 2220. The van der Waals surface area contributed by atoms with Gasteiger partial charge in [-0.2, -0.15) is 0 Å².